The van der Waals surface area contributed by atoms with Gasteiger partial charge in [0.25, 0.3) is 0 Å². The van der Waals surface area contributed by atoms with Gasteiger partial charge in [0.1, 0.15) is 5.76 Å². The molecule has 0 aliphatic carbocycles. The zero-order valence-corrected chi connectivity index (χ0v) is 17.1. The summed E-state index contributed by atoms with van der Waals surface area (Å²) < 4.78 is 7.47. The molecule has 4 rings (SSSR count). The lowest BCUT2D eigenvalue weighted by Gasteiger charge is -2.07. The SMILES string of the molecule is CCn1c2ccccc2c2cc(NC(=O)CSCc3c(C)noc3C)ccc21. The van der Waals surface area contributed by atoms with E-state index in [9.17, 15) is 4.79 Å². The van der Waals surface area contributed by atoms with Crippen molar-refractivity contribution >= 4 is 45.2 Å². The van der Waals surface area contributed by atoms with Crippen LogP contribution in [-0.2, 0) is 17.1 Å². The predicted molar refractivity (Wildman–Crippen MR) is 116 cm³/mol. The van der Waals surface area contributed by atoms with Gasteiger partial charge in [-0.3, -0.25) is 4.79 Å². The second-order valence-corrected chi connectivity index (χ2v) is 7.82. The van der Waals surface area contributed by atoms with E-state index in [1.54, 1.807) is 11.8 Å². The van der Waals surface area contributed by atoms with E-state index >= 15 is 0 Å². The minimum atomic E-state index is -0.00431. The van der Waals surface area contributed by atoms with Gasteiger partial charge in [-0.15, -0.1) is 11.8 Å². The Morgan fingerprint density at radius 1 is 1.14 bits per heavy atom. The number of para-hydroxylation sites is 1. The Bertz CT molecular complexity index is 1140. The zero-order valence-electron chi connectivity index (χ0n) is 16.3. The lowest BCUT2D eigenvalue weighted by molar-refractivity contribution is -0.113. The molecule has 0 bridgehead atoms. The molecule has 0 radical (unpaired) electrons. The van der Waals surface area contributed by atoms with Crippen molar-refractivity contribution < 1.29 is 9.32 Å². The van der Waals surface area contributed by atoms with Gasteiger partial charge < -0.3 is 14.4 Å². The fourth-order valence-corrected chi connectivity index (χ4v) is 4.60. The molecule has 0 saturated carbocycles. The number of rotatable bonds is 6. The van der Waals surface area contributed by atoms with Crippen LogP contribution in [0, 0.1) is 13.8 Å². The Balaban J connectivity index is 1.49. The standard InChI is InChI=1S/C22H23N3O2S/c1-4-25-20-8-6-5-7-17(20)18-11-16(9-10-21(18)25)23-22(26)13-28-12-19-14(2)24-27-15(19)3/h5-11H,4,12-13H2,1-3H3,(H,23,26). The number of thioether (sulfide) groups is 1. The van der Waals surface area contributed by atoms with Crippen molar-refractivity contribution in [2.45, 2.75) is 33.1 Å². The average Bonchev–Trinajstić information content (AvgIpc) is 3.19. The Morgan fingerprint density at radius 3 is 2.68 bits per heavy atom. The molecule has 0 aliphatic rings. The number of hydrogen-bond acceptors (Lipinski definition) is 4. The quantitative estimate of drug-likeness (QED) is 0.483. The molecule has 0 aliphatic heterocycles. The molecule has 5 nitrogen and oxygen atoms in total. The van der Waals surface area contributed by atoms with Gasteiger partial charge in [-0.05, 0) is 45.0 Å². The molecule has 0 atom stereocenters. The van der Waals surface area contributed by atoms with E-state index in [0.29, 0.717) is 5.75 Å². The monoisotopic (exact) mass is 393 g/mol. The summed E-state index contributed by atoms with van der Waals surface area (Å²) in [6, 6.07) is 14.5. The fraction of sp³-hybridized carbons (Fsp3) is 0.273. The van der Waals surface area contributed by atoms with Crippen molar-refractivity contribution in [2.24, 2.45) is 0 Å². The fourth-order valence-electron chi connectivity index (χ4n) is 3.62. The molecule has 144 valence electrons. The molecule has 0 fully saturated rings. The Morgan fingerprint density at radius 2 is 1.93 bits per heavy atom. The molecule has 0 spiro atoms. The normalized spacial score (nSPS) is 11.4. The van der Waals surface area contributed by atoms with E-state index < -0.39 is 0 Å². The first-order valence-electron chi connectivity index (χ1n) is 9.38. The van der Waals surface area contributed by atoms with Crippen molar-refractivity contribution in [3.63, 3.8) is 0 Å². The largest absolute Gasteiger partial charge is 0.361 e. The summed E-state index contributed by atoms with van der Waals surface area (Å²) in [6.45, 7) is 6.89. The van der Waals surface area contributed by atoms with Crippen LogP contribution in [0.2, 0.25) is 0 Å². The smallest absolute Gasteiger partial charge is 0.234 e. The van der Waals surface area contributed by atoms with Crippen LogP contribution in [0.3, 0.4) is 0 Å². The third kappa shape index (κ3) is 3.40. The summed E-state index contributed by atoms with van der Waals surface area (Å²) in [5.74, 6) is 1.93. The van der Waals surface area contributed by atoms with Crippen LogP contribution >= 0.6 is 11.8 Å². The molecule has 4 aromatic rings. The van der Waals surface area contributed by atoms with Gasteiger partial charge in [-0.2, -0.15) is 0 Å². The number of carbonyl (C=O) groups is 1. The number of fused-ring (bicyclic) bond motifs is 3. The molecule has 1 N–H and O–H groups in total. The van der Waals surface area contributed by atoms with Crippen LogP contribution in [0.1, 0.15) is 23.9 Å². The number of hydrogen-bond donors (Lipinski definition) is 1. The minimum absolute atomic E-state index is 0.00431. The number of benzene rings is 2. The second-order valence-electron chi connectivity index (χ2n) is 6.84. The van der Waals surface area contributed by atoms with Crippen LogP contribution < -0.4 is 5.32 Å². The van der Waals surface area contributed by atoms with Crippen LogP contribution in [0.15, 0.2) is 47.0 Å². The number of aryl methyl sites for hydroxylation is 3. The number of nitrogens with zero attached hydrogens (tertiary/aromatic N) is 2. The lowest BCUT2D eigenvalue weighted by Crippen LogP contribution is -2.14. The molecule has 0 saturated heterocycles. The number of aromatic nitrogens is 2. The summed E-state index contributed by atoms with van der Waals surface area (Å²) >= 11 is 1.56. The molecule has 2 aromatic heterocycles. The van der Waals surface area contributed by atoms with Crippen molar-refractivity contribution in [2.75, 3.05) is 11.1 Å². The van der Waals surface area contributed by atoms with E-state index in [1.807, 2.05) is 19.9 Å². The number of nitrogens with one attached hydrogen (secondary N) is 1. The molecular weight excluding hydrogens is 370 g/mol. The highest BCUT2D eigenvalue weighted by Crippen LogP contribution is 2.31. The third-order valence-electron chi connectivity index (χ3n) is 5.03. The summed E-state index contributed by atoms with van der Waals surface area (Å²) in [7, 11) is 0. The lowest BCUT2D eigenvalue weighted by atomic mass is 10.1. The van der Waals surface area contributed by atoms with E-state index in [0.717, 1.165) is 35.0 Å². The first kappa shape index (κ1) is 18.6. The van der Waals surface area contributed by atoms with Crippen LogP contribution in [0.4, 0.5) is 5.69 Å². The van der Waals surface area contributed by atoms with Crippen molar-refractivity contribution in [3.05, 3.63) is 59.5 Å². The van der Waals surface area contributed by atoms with Crippen LogP contribution in [-0.4, -0.2) is 21.4 Å². The summed E-state index contributed by atoms with van der Waals surface area (Å²) in [5.41, 5.74) is 5.21. The van der Waals surface area contributed by atoms with E-state index in [4.69, 9.17) is 4.52 Å². The maximum atomic E-state index is 12.4. The maximum Gasteiger partial charge on any atom is 0.234 e. The number of anilines is 1. The molecular formula is C22H23N3O2S. The van der Waals surface area contributed by atoms with E-state index in [2.05, 4.69) is 58.4 Å². The highest BCUT2D eigenvalue weighted by Gasteiger charge is 2.12. The average molecular weight is 394 g/mol. The minimum Gasteiger partial charge on any atom is -0.361 e. The highest BCUT2D eigenvalue weighted by molar-refractivity contribution is 7.99. The van der Waals surface area contributed by atoms with Crippen molar-refractivity contribution in [3.8, 4) is 0 Å². The maximum absolute atomic E-state index is 12.4. The van der Waals surface area contributed by atoms with Gasteiger partial charge in [-0.1, -0.05) is 23.4 Å². The number of amides is 1. The Labute approximate surface area is 168 Å². The van der Waals surface area contributed by atoms with Crippen LogP contribution in [0.25, 0.3) is 21.8 Å². The van der Waals surface area contributed by atoms with Gasteiger partial charge in [-0.25, -0.2) is 0 Å². The predicted octanol–water partition coefficient (Wildman–Crippen LogP) is 5.29. The second kappa shape index (κ2) is 7.72. The molecule has 6 heteroatoms. The van der Waals surface area contributed by atoms with E-state index in [-0.39, 0.29) is 5.91 Å². The summed E-state index contributed by atoms with van der Waals surface area (Å²) in [5, 5.41) is 9.36. The Hall–Kier alpha value is -2.73. The van der Waals surface area contributed by atoms with Gasteiger partial charge in [0.2, 0.25) is 5.91 Å². The van der Waals surface area contributed by atoms with Gasteiger partial charge in [0.15, 0.2) is 0 Å². The topological polar surface area (TPSA) is 60.1 Å². The zero-order chi connectivity index (χ0) is 19.7. The van der Waals surface area contributed by atoms with Crippen molar-refractivity contribution in [1.82, 2.24) is 9.72 Å². The van der Waals surface area contributed by atoms with Gasteiger partial charge >= 0.3 is 0 Å². The summed E-state index contributed by atoms with van der Waals surface area (Å²) in [4.78, 5) is 12.4. The highest BCUT2D eigenvalue weighted by atomic mass is 32.2. The number of carbonyl (C=O) groups excluding carboxylic acids is 1. The molecule has 2 heterocycles. The molecule has 28 heavy (non-hydrogen) atoms. The molecule has 0 unspecified atom stereocenters. The third-order valence-corrected chi connectivity index (χ3v) is 5.99. The summed E-state index contributed by atoms with van der Waals surface area (Å²) in [6.07, 6.45) is 0. The van der Waals surface area contributed by atoms with Gasteiger partial charge in [0.05, 0.1) is 11.4 Å². The van der Waals surface area contributed by atoms with Crippen LogP contribution in [0.5, 0.6) is 0 Å². The first-order valence-corrected chi connectivity index (χ1v) is 10.5. The van der Waals surface area contributed by atoms with Crippen molar-refractivity contribution in [1.29, 1.82) is 0 Å². The van der Waals surface area contributed by atoms with E-state index in [1.165, 1.54) is 21.8 Å². The molecule has 1 amide bonds. The Kier molecular flexibility index (Phi) is 5.13. The van der Waals surface area contributed by atoms with Gasteiger partial charge in [0, 0.05) is 45.4 Å². The molecule has 2 aromatic carbocycles. The first-order chi connectivity index (χ1) is 13.6.